The number of aromatic amines is 1. The van der Waals surface area contributed by atoms with Crippen LogP contribution in [-0.2, 0) is 16.0 Å². The number of benzene rings is 2. The van der Waals surface area contributed by atoms with Crippen molar-refractivity contribution in [1.29, 1.82) is 0 Å². The van der Waals surface area contributed by atoms with E-state index < -0.39 is 18.0 Å². The molecular formula is C24H26FN5O3. The molecule has 8 nitrogen and oxygen atoms in total. The molecule has 2 heterocycles. The molecule has 0 aliphatic carbocycles. The summed E-state index contributed by atoms with van der Waals surface area (Å²) in [4.78, 5) is 24.6. The predicted octanol–water partition coefficient (Wildman–Crippen LogP) is 3.81. The van der Waals surface area contributed by atoms with Gasteiger partial charge in [-0.25, -0.2) is 9.18 Å². The molecule has 4 rings (SSSR count). The second kappa shape index (κ2) is 9.81. The van der Waals surface area contributed by atoms with Crippen LogP contribution in [-0.4, -0.2) is 46.6 Å². The number of cyclic esters (lactones) is 1. The van der Waals surface area contributed by atoms with Gasteiger partial charge in [-0.05, 0) is 42.2 Å². The third-order valence-electron chi connectivity index (χ3n) is 5.79. The normalized spacial score (nSPS) is 16.5. The van der Waals surface area contributed by atoms with Crippen LogP contribution in [0.2, 0.25) is 0 Å². The standard InChI is InChI=1S/C24H26FN5O3/c1-15(23-13-27-29-28-23)3-4-17-5-7-18(8-6-17)21-10-9-19(11-22(21)25)30-14-20(33-24(30)32)12-26-16(2)31/h5-11,13,15,20H,3-4,12,14H2,1-2H3,(H,26,31)(H,27,28,29)/t15?,20-/m0/s1. The quantitative estimate of drug-likeness (QED) is 0.543. The van der Waals surface area contributed by atoms with E-state index in [4.69, 9.17) is 4.74 Å². The number of anilines is 1. The molecule has 1 fully saturated rings. The Morgan fingerprint density at radius 2 is 2.09 bits per heavy atom. The molecule has 2 atom stereocenters. The first kappa shape index (κ1) is 22.4. The zero-order valence-electron chi connectivity index (χ0n) is 18.5. The summed E-state index contributed by atoms with van der Waals surface area (Å²) < 4.78 is 20.2. The van der Waals surface area contributed by atoms with Gasteiger partial charge in [0, 0.05) is 18.4 Å². The Labute approximate surface area is 191 Å². The van der Waals surface area contributed by atoms with Gasteiger partial charge in [0.05, 0.1) is 30.7 Å². The smallest absolute Gasteiger partial charge is 0.414 e. The van der Waals surface area contributed by atoms with E-state index in [1.165, 1.54) is 17.9 Å². The molecule has 3 aromatic rings. The average molecular weight is 452 g/mol. The molecule has 0 radical (unpaired) electrons. The lowest BCUT2D eigenvalue weighted by atomic mass is 9.97. The molecule has 0 spiro atoms. The van der Waals surface area contributed by atoms with E-state index in [0.717, 1.165) is 29.7 Å². The van der Waals surface area contributed by atoms with E-state index in [9.17, 15) is 14.0 Å². The minimum atomic E-state index is -0.554. The summed E-state index contributed by atoms with van der Waals surface area (Å²) in [5, 5.41) is 13.2. The second-order valence-corrected chi connectivity index (χ2v) is 8.25. The van der Waals surface area contributed by atoms with Gasteiger partial charge < -0.3 is 10.1 Å². The van der Waals surface area contributed by atoms with Crippen molar-refractivity contribution in [2.24, 2.45) is 0 Å². The molecule has 1 saturated heterocycles. The fourth-order valence-corrected chi connectivity index (χ4v) is 3.83. The third kappa shape index (κ3) is 5.36. The maximum Gasteiger partial charge on any atom is 0.414 e. The number of aryl methyl sites for hydroxylation is 1. The molecule has 0 bridgehead atoms. The minimum Gasteiger partial charge on any atom is -0.442 e. The molecule has 2 aromatic carbocycles. The van der Waals surface area contributed by atoms with Gasteiger partial charge in [-0.15, -0.1) is 0 Å². The van der Waals surface area contributed by atoms with Crippen LogP contribution in [0.5, 0.6) is 0 Å². The number of rotatable bonds is 8. The number of halogens is 1. The summed E-state index contributed by atoms with van der Waals surface area (Å²) in [5.74, 6) is -0.322. The van der Waals surface area contributed by atoms with Crippen LogP contribution in [0.4, 0.5) is 14.9 Å². The van der Waals surface area contributed by atoms with Gasteiger partial charge in [0.1, 0.15) is 11.9 Å². The molecule has 1 aliphatic rings. The first-order valence-corrected chi connectivity index (χ1v) is 10.9. The maximum atomic E-state index is 14.9. The zero-order valence-corrected chi connectivity index (χ0v) is 18.5. The Morgan fingerprint density at radius 1 is 1.30 bits per heavy atom. The highest BCUT2D eigenvalue weighted by Crippen LogP contribution is 2.29. The van der Waals surface area contributed by atoms with E-state index in [1.807, 2.05) is 24.3 Å². The Kier molecular flexibility index (Phi) is 6.67. The maximum absolute atomic E-state index is 14.9. The number of ether oxygens (including phenoxy) is 1. The van der Waals surface area contributed by atoms with Gasteiger partial charge in [-0.3, -0.25) is 9.69 Å². The Balaban J connectivity index is 1.39. The molecule has 172 valence electrons. The number of aromatic nitrogens is 3. The number of hydrogen-bond donors (Lipinski definition) is 2. The zero-order chi connectivity index (χ0) is 23.4. The molecule has 33 heavy (non-hydrogen) atoms. The summed E-state index contributed by atoms with van der Waals surface area (Å²) in [6.45, 7) is 3.98. The van der Waals surface area contributed by atoms with Crippen LogP contribution < -0.4 is 10.2 Å². The monoisotopic (exact) mass is 451 g/mol. The van der Waals surface area contributed by atoms with Crippen molar-refractivity contribution in [2.75, 3.05) is 18.0 Å². The fourth-order valence-electron chi connectivity index (χ4n) is 3.83. The van der Waals surface area contributed by atoms with Gasteiger partial charge in [0.15, 0.2) is 0 Å². The van der Waals surface area contributed by atoms with Crippen LogP contribution in [0, 0.1) is 5.82 Å². The lowest BCUT2D eigenvalue weighted by molar-refractivity contribution is -0.119. The van der Waals surface area contributed by atoms with Crippen molar-refractivity contribution < 1.29 is 18.7 Å². The molecular weight excluding hydrogens is 425 g/mol. The van der Waals surface area contributed by atoms with Gasteiger partial charge in [0.25, 0.3) is 0 Å². The Morgan fingerprint density at radius 3 is 2.76 bits per heavy atom. The molecule has 9 heteroatoms. The highest BCUT2D eigenvalue weighted by molar-refractivity contribution is 5.90. The van der Waals surface area contributed by atoms with Crippen LogP contribution >= 0.6 is 0 Å². The number of nitrogens with one attached hydrogen (secondary N) is 2. The summed E-state index contributed by atoms with van der Waals surface area (Å²) in [6, 6.07) is 12.5. The second-order valence-electron chi connectivity index (χ2n) is 8.25. The molecule has 0 saturated carbocycles. The number of carbonyl (C=O) groups is 2. The third-order valence-corrected chi connectivity index (χ3v) is 5.79. The van der Waals surface area contributed by atoms with E-state index in [1.54, 1.807) is 18.3 Å². The summed E-state index contributed by atoms with van der Waals surface area (Å²) >= 11 is 0. The van der Waals surface area contributed by atoms with Crippen LogP contribution in [0.3, 0.4) is 0 Å². The SMILES string of the molecule is CC(=O)NC[C@H]1CN(c2ccc(-c3ccc(CCC(C)c4cn[nH]n4)cc3)c(F)c2)C(=O)O1. The summed E-state index contributed by atoms with van der Waals surface area (Å²) in [6.07, 6.45) is 2.53. The molecule has 1 aromatic heterocycles. The van der Waals surface area contributed by atoms with Gasteiger partial charge >= 0.3 is 6.09 Å². The number of nitrogens with zero attached hydrogens (tertiary/aromatic N) is 3. The van der Waals surface area contributed by atoms with Gasteiger partial charge in [-0.1, -0.05) is 31.2 Å². The first-order valence-electron chi connectivity index (χ1n) is 10.9. The molecule has 1 unspecified atom stereocenters. The fraction of sp³-hybridized carbons (Fsp3) is 0.333. The number of hydrogen-bond acceptors (Lipinski definition) is 5. The first-order chi connectivity index (χ1) is 15.9. The Hall–Kier alpha value is -3.75. The van der Waals surface area contributed by atoms with Crippen LogP contribution in [0.15, 0.2) is 48.7 Å². The van der Waals surface area contributed by atoms with E-state index in [2.05, 4.69) is 27.7 Å². The minimum absolute atomic E-state index is 0.199. The van der Waals surface area contributed by atoms with Crippen molar-refractivity contribution in [3.8, 4) is 11.1 Å². The summed E-state index contributed by atoms with van der Waals surface area (Å²) in [5.41, 5.74) is 3.75. The largest absolute Gasteiger partial charge is 0.442 e. The van der Waals surface area contributed by atoms with Crippen molar-refractivity contribution in [2.45, 2.75) is 38.7 Å². The van der Waals surface area contributed by atoms with Gasteiger partial charge in [0.2, 0.25) is 5.91 Å². The molecule has 2 amide bonds. The van der Waals surface area contributed by atoms with Crippen molar-refractivity contribution >= 4 is 17.7 Å². The van der Waals surface area contributed by atoms with Crippen LogP contribution in [0.1, 0.15) is 37.4 Å². The number of H-pyrrole nitrogens is 1. The van der Waals surface area contributed by atoms with Crippen molar-refractivity contribution in [1.82, 2.24) is 20.7 Å². The van der Waals surface area contributed by atoms with Crippen molar-refractivity contribution in [3.05, 3.63) is 65.7 Å². The molecule has 1 aliphatic heterocycles. The van der Waals surface area contributed by atoms with E-state index in [0.29, 0.717) is 17.2 Å². The topological polar surface area (TPSA) is 100 Å². The lowest BCUT2D eigenvalue weighted by Gasteiger charge is -2.15. The summed E-state index contributed by atoms with van der Waals surface area (Å²) in [7, 11) is 0. The number of carbonyl (C=O) groups excluding carboxylic acids is 2. The van der Waals surface area contributed by atoms with E-state index >= 15 is 0 Å². The Bertz CT molecular complexity index is 1120. The van der Waals surface area contributed by atoms with E-state index in [-0.39, 0.29) is 19.0 Å². The molecule has 2 N–H and O–H groups in total. The van der Waals surface area contributed by atoms with Gasteiger partial charge in [-0.2, -0.15) is 15.4 Å². The predicted molar refractivity (Wildman–Crippen MR) is 121 cm³/mol. The highest BCUT2D eigenvalue weighted by atomic mass is 19.1. The number of amides is 2. The van der Waals surface area contributed by atoms with Crippen LogP contribution in [0.25, 0.3) is 11.1 Å². The highest BCUT2D eigenvalue weighted by Gasteiger charge is 2.32. The lowest BCUT2D eigenvalue weighted by Crippen LogP contribution is -2.33. The average Bonchev–Trinajstić information content (AvgIpc) is 3.46. The van der Waals surface area contributed by atoms with Crippen molar-refractivity contribution in [3.63, 3.8) is 0 Å².